The second kappa shape index (κ2) is 5.37. The smallest absolute Gasteiger partial charge is 0.213 e. The number of hydrogen-bond donors (Lipinski definition) is 1. The maximum absolute atomic E-state index is 4.75. The fraction of sp³-hybridized carbons (Fsp3) is 0.500. The van der Waals surface area contributed by atoms with Gasteiger partial charge in [-0.25, -0.2) is 0 Å². The van der Waals surface area contributed by atoms with Crippen LogP contribution in [0.15, 0.2) is 35.2 Å². The van der Waals surface area contributed by atoms with Gasteiger partial charge in [-0.1, -0.05) is 43.3 Å². The van der Waals surface area contributed by atoms with Gasteiger partial charge in [-0.3, -0.25) is 0 Å². The summed E-state index contributed by atoms with van der Waals surface area (Å²) < 4.78 is 4.75. The van der Waals surface area contributed by atoms with Crippen LogP contribution in [-0.4, -0.2) is 16.7 Å². The summed E-state index contributed by atoms with van der Waals surface area (Å²) in [6.07, 6.45) is 4.58. The molecule has 0 fully saturated rings. The first kappa shape index (κ1) is 13.3. The van der Waals surface area contributed by atoms with Crippen LogP contribution in [0.25, 0.3) is 0 Å². The zero-order valence-electron chi connectivity index (χ0n) is 12.1. The van der Waals surface area contributed by atoms with Gasteiger partial charge in [0.05, 0.1) is 0 Å². The van der Waals surface area contributed by atoms with Crippen LogP contribution in [0.2, 0.25) is 0 Å². The molecule has 1 unspecified atom stereocenters. The summed E-state index contributed by atoms with van der Waals surface area (Å²) in [5.41, 5.74) is 3.20. The minimum atomic E-state index is 0.280. The molecule has 0 saturated heterocycles. The normalized spacial score (nSPS) is 20.6. The summed E-state index contributed by atoms with van der Waals surface area (Å²) >= 11 is 0. The predicted molar refractivity (Wildman–Crippen MR) is 77.4 cm³/mol. The van der Waals surface area contributed by atoms with E-state index in [2.05, 4.69) is 53.6 Å². The van der Waals surface area contributed by atoms with Gasteiger partial charge in [0.25, 0.3) is 0 Å². The Hall–Kier alpha value is -1.68. The van der Waals surface area contributed by atoms with E-state index in [1.807, 2.05) is 0 Å². The molecule has 4 nitrogen and oxygen atoms in total. The fourth-order valence-corrected chi connectivity index (χ4v) is 3.09. The van der Waals surface area contributed by atoms with Crippen LogP contribution in [0.5, 0.6) is 0 Å². The molecule has 1 heterocycles. The van der Waals surface area contributed by atoms with Crippen LogP contribution in [0, 0.1) is 0 Å². The number of hydrogen-bond acceptors (Lipinski definition) is 4. The van der Waals surface area contributed by atoms with Crippen molar-refractivity contribution < 1.29 is 4.52 Å². The van der Waals surface area contributed by atoms with Gasteiger partial charge < -0.3 is 9.84 Å². The SMILES string of the molecule is CC1(C)CCC(NCCc2ncon2)c2ccccc21. The molecule has 1 atom stereocenters. The molecule has 1 aliphatic rings. The minimum Gasteiger partial charge on any atom is -0.343 e. The van der Waals surface area contributed by atoms with Crippen molar-refractivity contribution in [2.24, 2.45) is 0 Å². The Balaban J connectivity index is 1.69. The van der Waals surface area contributed by atoms with E-state index in [0.29, 0.717) is 6.04 Å². The van der Waals surface area contributed by atoms with Crippen molar-refractivity contribution in [3.05, 3.63) is 47.6 Å². The average Bonchev–Trinajstić information content (AvgIpc) is 2.95. The van der Waals surface area contributed by atoms with E-state index in [-0.39, 0.29) is 5.41 Å². The maximum atomic E-state index is 4.75. The predicted octanol–water partition coefficient (Wildman–Crippen LogP) is 3.01. The lowest BCUT2D eigenvalue weighted by atomic mass is 9.71. The molecule has 1 aromatic carbocycles. The van der Waals surface area contributed by atoms with E-state index in [0.717, 1.165) is 18.8 Å². The average molecular weight is 271 g/mol. The van der Waals surface area contributed by atoms with Gasteiger partial charge in [-0.05, 0) is 29.4 Å². The second-order valence-corrected chi connectivity index (χ2v) is 6.11. The van der Waals surface area contributed by atoms with Crippen molar-refractivity contribution in [1.82, 2.24) is 15.5 Å². The molecule has 2 aromatic rings. The van der Waals surface area contributed by atoms with Gasteiger partial charge in [-0.15, -0.1) is 0 Å². The van der Waals surface area contributed by atoms with Crippen LogP contribution >= 0.6 is 0 Å². The third-order valence-corrected chi connectivity index (χ3v) is 4.27. The Morgan fingerprint density at radius 1 is 1.35 bits per heavy atom. The van der Waals surface area contributed by atoms with Crippen LogP contribution in [0.3, 0.4) is 0 Å². The standard InChI is InChI=1S/C16H21N3O/c1-16(2)9-7-14(12-5-3-4-6-13(12)16)17-10-8-15-18-11-20-19-15/h3-6,11,14,17H,7-10H2,1-2H3. The van der Waals surface area contributed by atoms with Crippen LogP contribution in [0.4, 0.5) is 0 Å². The van der Waals surface area contributed by atoms with Crippen molar-refractivity contribution in [3.8, 4) is 0 Å². The number of rotatable bonds is 4. The van der Waals surface area contributed by atoms with E-state index < -0.39 is 0 Å². The molecule has 20 heavy (non-hydrogen) atoms. The van der Waals surface area contributed by atoms with E-state index in [4.69, 9.17) is 4.52 Å². The van der Waals surface area contributed by atoms with Gasteiger partial charge in [-0.2, -0.15) is 4.98 Å². The third-order valence-electron chi connectivity index (χ3n) is 4.27. The molecule has 0 saturated carbocycles. The van der Waals surface area contributed by atoms with Crippen molar-refractivity contribution >= 4 is 0 Å². The van der Waals surface area contributed by atoms with Gasteiger partial charge in [0.1, 0.15) is 0 Å². The number of nitrogens with zero attached hydrogens (tertiary/aromatic N) is 2. The molecular formula is C16H21N3O. The molecule has 1 aromatic heterocycles. The van der Waals surface area contributed by atoms with Crippen molar-refractivity contribution in [2.45, 2.75) is 44.6 Å². The Labute approximate surface area is 119 Å². The lowest BCUT2D eigenvalue weighted by Gasteiger charge is -2.37. The number of nitrogens with one attached hydrogen (secondary N) is 1. The molecule has 1 N–H and O–H groups in total. The Morgan fingerprint density at radius 3 is 3.00 bits per heavy atom. The topological polar surface area (TPSA) is 51.0 Å². The summed E-state index contributed by atoms with van der Waals surface area (Å²) in [4.78, 5) is 4.05. The highest BCUT2D eigenvalue weighted by Gasteiger charge is 2.31. The molecule has 0 spiro atoms. The third kappa shape index (κ3) is 2.61. The van der Waals surface area contributed by atoms with Crippen LogP contribution < -0.4 is 5.32 Å². The highest BCUT2D eigenvalue weighted by Crippen LogP contribution is 2.41. The van der Waals surface area contributed by atoms with Gasteiger partial charge in [0, 0.05) is 19.0 Å². The first-order chi connectivity index (χ1) is 9.67. The summed E-state index contributed by atoms with van der Waals surface area (Å²) in [6, 6.07) is 9.23. The second-order valence-electron chi connectivity index (χ2n) is 6.11. The largest absolute Gasteiger partial charge is 0.343 e. The highest BCUT2D eigenvalue weighted by atomic mass is 16.5. The molecule has 3 rings (SSSR count). The fourth-order valence-electron chi connectivity index (χ4n) is 3.09. The van der Waals surface area contributed by atoms with Gasteiger partial charge in [0.2, 0.25) is 6.39 Å². The lowest BCUT2D eigenvalue weighted by molar-refractivity contribution is 0.357. The summed E-state index contributed by atoms with van der Waals surface area (Å²) in [5.74, 6) is 0.766. The van der Waals surface area contributed by atoms with Gasteiger partial charge >= 0.3 is 0 Å². The molecular weight excluding hydrogens is 250 g/mol. The number of benzene rings is 1. The zero-order valence-corrected chi connectivity index (χ0v) is 12.1. The van der Waals surface area contributed by atoms with Crippen LogP contribution in [-0.2, 0) is 11.8 Å². The monoisotopic (exact) mass is 271 g/mol. The highest BCUT2D eigenvalue weighted by molar-refractivity contribution is 5.38. The minimum absolute atomic E-state index is 0.280. The molecule has 4 heteroatoms. The molecule has 0 bridgehead atoms. The summed E-state index contributed by atoms with van der Waals surface area (Å²) in [5, 5.41) is 7.47. The lowest BCUT2D eigenvalue weighted by Crippen LogP contribution is -2.33. The van der Waals surface area contributed by atoms with E-state index in [1.165, 1.54) is 30.4 Å². The first-order valence-corrected chi connectivity index (χ1v) is 7.25. The molecule has 106 valence electrons. The molecule has 1 aliphatic carbocycles. The van der Waals surface area contributed by atoms with Crippen LogP contribution in [0.1, 0.15) is 49.7 Å². The number of aromatic nitrogens is 2. The molecule has 0 aliphatic heterocycles. The van der Waals surface area contributed by atoms with E-state index in [9.17, 15) is 0 Å². The summed E-state index contributed by atoms with van der Waals surface area (Å²) in [6.45, 7) is 5.54. The van der Waals surface area contributed by atoms with Gasteiger partial charge in [0.15, 0.2) is 5.82 Å². The number of fused-ring (bicyclic) bond motifs is 1. The Morgan fingerprint density at radius 2 is 2.20 bits per heavy atom. The quantitative estimate of drug-likeness (QED) is 0.928. The van der Waals surface area contributed by atoms with E-state index in [1.54, 1.807) is 0 Å². The maximum Gasteiger partial charge on any atom is 0.213 e. The zero-order chi connectivity index (χ0) is 14.0. The van der Waals surface area contributed by atoms with E-state index >= 15 is 0 Å². The Bertz CT molecular complexity index is 563. The van der Waals surface area contributed by atoms with Crippen molar-refractivity contribution in [3.63, 3.8) is 0 Å². The molecule has 0 amide bonds. The van der Waals surface area contributed by atoms with Crippen molar-refractivity contribution in [1.29, 1.82) is 0 Å². The molecule has 0 radical (unpaired) electrons. The summed E-state index contributed by atoms with van der Waals surface area (Å²) in [7, 11) is 0. The van der Waals surface area contributed by atoms with Crippen molar-refractivity contribution in [2.75, 3.05) is 6.54 Å². The Kier molecular flexibility index (Phi) is 3.57. The first-order valence-electron chi connectivity index (χ1n) is 7.25.